The minimum absolute atomic E-state index is 0.0854. The number of ether oxygens (including phenoxy) is 1. The molecule has 4 nitrogen and oxygen atoms in total. The second-order valence-electron chi connectivity index (χ2n) is 3.55. The number of para-hydroxylation sites is 1. The monoisotopic (exact) mass is 206 g/mol. The zero-order chi connectivity index (χ0) is 10.7. The molecule has 0 radical (unpaired) electrons. The molecule has 0 bridgehead atoms. The van der Waals surface area contributed by atoms with Crippen LogP contribution in [0.5, 0.6) is 5.75 Å². The molecule has 1 amide bonds. The number of hydrogen-bond acceptors (Lipinski definition) is 3. The fourth-order valence-corrected chi connectivity index (χ4v) is 1.72. The van der Waals surface area contributed by atoms with Gasteiger partial charge in [-0.3, -0.25) is 0 Å². The first-order valence-electron chi connectivity index (χ1n) is 4.95. The van der Waals surface area contributed by atoms with E-state index in [1.54, 1.807) is 0 Å². The smallest absolute Gasteiger partial charge is 0.134 e. The second kappa shape index (κ2) is 4.21. The number of rotatable bonds is 2. The van der Waals surface area contributed by atoms with Gasteiger partial charge in [-0.2, -0.15) is 0 Å². The van der Waals surface area contributed by atoms with Crippen molar-refractivity contribution in [3.05, 3.63) is 29.8 Å². The van der Waals surface area contributed by atoms with Gasteiger partial charge in [-0.15, -0.1) is 0 Å². The number of benzene rings is 1. The second-order valence-corrected chi connectivity index (χ2v) is 3.55. The fourth-order valence-electron chi connectivity index (χ4n) is 1.72. The molecular weight excluding hydrogens is 194 g/mol. The standard InChI is InChI=1S/C11H13NO3/c13-11(14)12-7-9-6-5-8-3-1-2-4-10(8)15-9/h1-4,9,12H,5-7H2,(H,13,14)/p-1. The fraction of sp³-hybridized carbons (Fsp3) is 0.364. The zero-order valence-electron chi connectivity index (χ0n) is 8.23. The molecule has 0 aromatic heterocycles. The molecule has 0 spiro atoms. The molecule has 1 N–H and O–H groups in total. The predicted molar refractivity (Wildman–Crippen MR) is 52.6 cm³/mol. The number of hydrogen-bond donors (Lipinski definition) is 1. The van der Waals surface area contributed by atoms with E-state index in [9.17, 15) is 9.90 Å². The number of carbonyl (C=O) groups is 1. The van der Waals surface area contributed by atoms with Crippen molar-refractivity contribution in [2.45, 2.75) is 18.9 Å². The van der Waals surface area contributed by atoms with Gasteiger partial charge in [-0.25, -0.2) is 0 Å². The zero-order valence-corrected chi connectivity index (χ0v) is 8.23. The molecule has 15 heavy (non-hydrogen) atoms. The maximum Gasteiger partial charge on any atom is 0.134 e. The Bertz CT molecular complexity index is 365. The lowest BCUT2D eigenvalue weighted by molar-refractivity contribution is -0.251. The van der Waals surface area contributed by atoms with Crippen LogP contribution < -0.4 is 15.2 Å². The van der Waals surface area contributed by atoms with Gasteiger partial charge in [0.1, 0.15) is 17.9 Å². The molecule has 0 saturated heterocycles. The number of carboxylic acid groups (broad SMARTS) is 1. The number of amides is 1. The molecular formula is C11H12NO3-. The van der Waals surface area contributed by atoms with Gasteiger partial charge in [-0.05, 0) is 24.5 Å². The molecule has 0 saturated carbocycles. The van der Waals surface area contributed by atoms with Crippen molar-refractivity contribution >= 4 is 6.09 Å². The van der Waals surface area contributed by atoms with Gasteiger partial charge in [-0.1, -0.05) is 18.2 Å². The first-order valence-corrected chi connectivity index (χ1v) is 4.95. The first kappa shape index (κ1) is 9.83. The van der Waals surface area contributed by atoms with E-state index in [0.717, 1.165) is 18.6 Å². The number of carbonyl (C=O) groups excluding carboxylic acids is 1. The highest BCUT2D eigenvalue weighted by Crippen LogP contribution is 2.26. The Morgan fingerprint density at radius 3 is 3.13 bits per heavy atom. The van der Waals surface area contributed by atoms with Crippen molar-refractivity contribution in [2.24, 2.45) is 0 Å². The van der Waals surface area contributed by atoms with E-state index in [1.165, 1.54) is 5.56 Å². The van der Waals surface area contributed by atoms with Crippen molar-refractivity contribution in [3.63, 3.8) is 0 Å². The van der Waals surface area contributed by atoms with Crippen molar-refractivity contribution < 1.29 is 14.6 Å². The quantitative estimate of drug-likeness (QED) is 0.757. The molecule has 2 rings (SSSR count). The van der Waals surface area contributed by atoms with Gasteiger partial charge < -0.3 is 20.0 Å². The summed E-state index contributed by atoms with van der Waals surface area (Å²) in [5.74, 6) is 0.855. The molecule has 80 valence electrons. The maximum atomic E-state index is 10.2. The summed E-state index contributed by atoms with van der Waals surface area (Å²) in [6, 6.07) is 7.81. The molecule has 1 heterocycles. The molecule has 1 aliphatic rings. The van der Waals surface area contributed by atoms with Crippen LogP contribution in [0.2, 0.25) is 0 Å². The highest BCUT2D eigenvalue weighted by molar-refractivity contribution is 5.61. The van der Waals surface area contributed by atoms with Crippen LogP contribution in [0.3, 0.4) is 0 Å². The van der Waals surface area contributed by atoms with E-state index in [4.69, 9.17) is 4.74 Å². The van der Waals surface area contributed by atoms with Crippen LogP contribution >= 0.6 is 0 Å². The Morgan fingerprint density at radius 1 is 1.53 bits per heavy atom. The van der Waals surface area contributed by atoms with Gasteiger partial charge in [0.2, 0.25) is 0 Å². The molecule has 1 aromatic carbocycles. The summed E-state index contributed by atoms with van der Waals surface area (Å²) in [6.45, 7) is 0.288. The Kier molecular flexibility index (Phi) is 2.76. The highest BCUT2D eigenvalue weighted by atomic mass is 16.5. The van der Waals surface area contributed by atoms with Crippen molar-refractivity contribution in [2.75, 3.05) is 6.54 Å². The van der Waals surface area contributed by atoms with E-state index in [1.807, 2.05) is 24.3 Å². The van der Waals surface area contributed by atoms with Crippen LogP contribution in [0, 0.1) is 0 Å². The lowest BCUT2D eigenvalue weighted by Crippen LogP contribution is -2.43. The van der Waals surface area contributed by atoms with Crippen LogP contribution in [0.1, 0.15) is 12.0 Å². The summed E-state index contributed by atoms with van der Waals surface area (Å²) in [5.41, 5.74) is 1.18. The van der Waals surface area contributed by atoms with E-state index in [-0.39, 0.29) is 12.6 Å². The van der Waals surface area contributed by atoms with Gasteiger partial charge in [0, 0.05) is 0 Å². The minimum Gasteiger partial charge on any atom is -0.530 e. The summed E-state index contributed by atoms with van der Waals surface area (Å²) in [4.78, 5) is 10.2. The molecule has 4 heteroatoms. The Labute approximate surface area is 87.9 Å². The molecule has 1 atom stereocenters. The molecule has 0 fully saturated rings. The van der Waals surface area contributed by atoms with Crippen LogP contribution in [0.4, 0.5) is 4.79 Å². The Balaban J connectivity index is 1.96. The topological polar surface area (TPSA) is 61.4 Å². The molecule has 1 unspecified atom stereocenters. The highest BCUT2D eigenvalue weighted by Gasteiger charge is 2.18. The third-order valence-electron chi connectivity index (χ3n) is 2.48. The predicted octanol–water partition coefficient (Wildman–Crippen LogP) is 0.313. The molecule has 1 aromatic rings. The number of fused-ring (bicyclic) bond motifs is 1. The van der Waals surface area contributed by atoms with Gasteiger partial charge in [0.25, 0.3) is 0 Å². The first-order chi connectivity index (χ1) is 7.25. The maximum absolute atomic E-state index is 10.2. The van der Waals surface area contributed by atoms with Crippen molar-refractivity contribution in [1.29, 1.82) is 0 Å². The molecule has 0 aliphatic carbocycles. The normalized spacial score (nSPS) is 18.8. The van der Waals surface area contributed by atoms with Gasteiger partial charge in [0.05, 0.1) is 6.54 Å². The van der Waals surface area contributed by atoms with E-state index < -0.39 is 6.09 Å². The summed E-state index contributed by atoms with van der Waals surface area (Å²) in [6.07, 6.45) is 0.419. The van der Waals surface area contributed by atoms with Crippen LogP contribution in [0.15, 0.2) is 24.3 Å². The summed E-state index contributed by atoms with van der Waals surface area (Å²) in [7, 11) is 0. The van der Waals surface area contributed by atoms with Crippen LogP contribution in [-0.2, 0) is 6.42 Å². The Hall–Kier alpha value is -1.71. The SMILES string of the molecule is O=C([O-])NCC1CCc2ccccc2O1. The van der Waals surface area contributed by atoms with Crippen LogP contribution in [0.25, 0.3) is 0 Å². The van der Waals surface area contributed by atoms with Crippen molar-refractivity contribution in [1.82, 2.24) is 5.32 Å². The minimum atomic E-state index is -1.25. The number of aryl methyl sites for hydroxylation is 1. The number of nitrogens with one attached hydrogen (secondary N) is 1. The summed E-state index contributed by atoms with van der Waals surface area (Å²) < 4.78 is 5.63. The average molecular weight is 206 g/mol. The van der Waals surface area contributed by atoms with Crippen molar-refractivity contribution in [3.8, 4) is 5.75 Å². The third-order valence-corrected chi connectivity index (χ3v) is 2.48. The largest absolute Gasteiger partial charge is 0.530 e. The van der Waals surface area contributed by atoms with Gasteiger partial charge >= 0.3 is 0 Å². The van der Waals surface area contributed by atoms with E-state index >= 15 is 0 Å². The summed E-state index contributed by atoms with van der Waals surface area (Å²) >= 11 is 0. The summed E-state index contributed by atoms with van der Waals surface area (Å²) in [5, 5.41) is 12.4. The Morgan fingerprint density at radius 2 is 2.33 bits per heavy atom. The molecule has 1 aliphatic heterocycles. The van der Waals surface area contributed by atoms with E-state index in [0.29, 0.717) is 0 Å². The lowest BCUT2D eigenvalue weighted by atomic mass is 10.0. The van der Waals surface area contributed by atoms with E-state index in [2.05, 4.69) is 5.32 Å². The third kappa shape index (κ3) is 2.40. The average Bonchev–Trinajstić information content (AvgIpc) is 2.26. The van der Waals surface area contributed by atoms with Gasteiger partial charge in [0.15, 0.2) is 0 Å². The van der Waals surface area contributed by atoms with Crippen LogP contribution in [-0.4, -0.2) is 18.7 Å². The lowest BCUT2D eigenvalue weighted by Gasteiger charge is -2.26.